The molecule has 82 valence electrons. The van der Waals surface area contributed by atoms with Crippen LogP contribution in [0, 0.1) is 0 Å². The van der Waals surface area contributed by atoms with Gasteiger partial charge in [0.2, 0.25) is 5.91 Å². The van der Waals surface area contributed by atoms with Crippen molar-refractivity contribution in [2.24, 2.45) is 0 Å². The first-order valence-electron chi connectivity index (χ1n) is 4.09. The van der Waals surface area contributed by atoms with E-state index < -0.39 is 17.6 Å². The van der Waals surface area contributed by atoms with Gasteiger partial charge in [0.15, 0.2) is 0 Å². The highest BCUT2D eigenvalue weighted by Gasteiger charge is 2.40. The fraction of sp³-hybridized carbons (Fsp3) is 0.750. The number of esters is 1. The molecule has 1 atom stereocenters. The molecule has 0 aromatic carbocycles. The summed E-state index contributed by atoms with van der Waals surface area (Å²) in [5.41, 5.74) is -1.57. The summed E-state index contributed by atoms with van der Waals surface area (Å²) in [5, 5.41) is 2.33. The molecule has 0 radical (unpaired) electrons. The third-order valence-corrected chi connectivity index (χ3v) is 1.85. The predicted molar refractivity (Wildman–Crippen MR) is 50.9 cm³/mol. The van der Waals surface area contributed by atoms with E-state index in [9.17, 15) is 9.59 Å². The van der Waals surface area contributed by atoms with Gasteiger partial charge in [0.1, 0.15) is 0 Å². The Kier molecular flexibility index (Phi) is 5.49. The molecule has 0 bridgehead atoms. The highest BCUT2D eigenvalue weighted by Crippen LogP contribution is 2.12. The summed E-state index contributed by atoms with van der Waals surface area (Å²) in [5.74, 6) is -1.33. The second-order valence-corrected chi connectivity index (χ2v) is 2.83. The molecular formula is C8H14ClNO4. The molecule has 0 fully saturated rings. The van der Waals surface area contributed by atoms with Crippen molar-refractivity contribution in [3.05, 3.63) is 0 Å². The number of ether oxygens (including phenoxy) is 2. The summed E-state index contributed by atoms with van der Waals surface area (Å²) in [6.45, 7) is 3.19. The Labute approximate surface area is 87.7 Å². The van der Waals surface area contributed by atoms with Gasteiger partial charge < -0.3 is 14.8 Å². The molecule has 0 saturated heterocycles. The van der Waals surface area contributed by atoms with Gasteiger partial charge in [-0.1, -0.05) is 0 Å². The highest BCUT2D eigenvalue weighted by atomic mass is 35.5. The van der Waals surface area contributed by atoms with E-state index in [2.05, 4.69) is 10.1 Å². The van der Waals surface area contributed by atoms with Crippen LogP contribution >= 0.6 is 11.6 Å². The Balaban J connectivity index is 4.76. The molecule has 0 aliphatic carbocycles. The molecule has 0 aliphatic rings. The zero-order chi connectivity index (χ0) is 11.2. The fourth-order valence-electron chi connectivity index (χ4n) is 0.968. The van der Waals surface area contributed by atoms with Crippen molar-refractivity contribution in [1.82, 2.24) is 5.32 Å². The normalized spacial score (nSPS) is 14.3. The Morgan fingerprint density at radius 3 is 2.36 bits per heavy atom. The number of carbonyl (C=O) groups excluding carboxylic acids is 2. The number of rotatable bonds is 5. The minimum Gasteiger partial charge on any atom is -0.465 e. The Morgan fingerprint density at radius 2 is 2.07 bits per heavy atom. The van der Waals surface area contributed by atoms with Gasteiger partial charge in [0.25, 0.3) is 5.72 Å². The van der Waals surface area contributed by atoms with Crippen LogP contribution in [0.1, 0.15) is 13.8 Å². The van der Waals surface area contributed by atoms with Crippen molar-refractivity contribution in [1.29, 1.82) is 0 Å². The van der Waals surface area contributed by atoms with E-state index in [1.807, 2.05) is 0 Å². The maximum Gasteiger partial charge on any atom is 0.360 e. The van der Waals surface area contributed by atoms with Crippen LogP contribution < -0.4 is 5.32 Å². The van der Waals surface area contributed by atoms with Gasteiger partial charge in [-0.3, -0.25) is 4.79 Å². The highest BCUT2D eigenvalue weighted by molar-refractivity contribution is 6.20. The van der Waals surface area contributed by atoms with Gasteiger partial charge in [0, 0.05) is 13.5 Å². The lowest BCUT2D eigenvalue weighted by molar-refractivity contribution is -0.173. The quantitative estimate of drug-likeness (QED) is 0.413. The number of hydrogen-bond donors (Lipinski definition) is 1. The molecular weight excluding hydrogens is 210 g/mol. The molecule has 0 aliphatic heterocycles. The monoisotopic (exact) mass is 223 g/mol. The molecule has 1 N–H and O–H groups in total. The lowest BCUT2D eigenvalue weighted by Gasteiger charge is -2.28. The maximum atomic E-state index is 11.3. The summed E-state index contributed by atoms with van der Waals surface area (Å²) in [6.07, 6.45) is 0. The summed E-state index contributed by atoms with van der Waals surface area (Å²) in [6, 6.07) is 0. The van der Waals surface area contributed by atoms with Crippen molar-refractivity contribution < 1.29 is 19.1 Å². The standard InChI is InChI=1S/C8H14ClNO4/c1-4-14-8(5-9,7(12)13-3)10-6(2)11/h4-5H2,1-3H3,(H,10,11)/t8-/m1/s1. The zero-order valence-electron chi connectivity index (χ0n) is 8.43. The molecule has 0 spiro atoms. The molecule has 5 nitrogen and oxygen atoms in total. The lowest BCUT2D eigenvalue weighted by Crippen LogP contribution is -2.58. The first-order valence-corrected chi connectivity index (χ1v) is 4.63. The van der Waals surface area contributed by atoms with Gasteiger partial charge >= 0.3 is 5.97 Å². The van der Waals surface area contributed by atoms with Gasteiger partial charge in [-0.25, -0.2) is 4.79 Å². The number of carbonyl (C=O) groups is 2. The first-order chi connectivity index (χ1) is 6.52. The zero-order valence-corrected chi connectivity index (χ0v) is 9.18. The minimum absolute atomic E-state index is 0.201. The minimum atomic E-state index is -1.57. The smallest absolute Gasteiger partial charge is 0.360 e. The lowest BCUT2D eigenvalue weighted by atomic mass is 10.2. The predicted octanol–water partition coefficient (Wildman–Crippen LogP) is 0.267. The van der Waals surface area contributed by atoms with Crippen molar-refractivity contribution >= 4 is 23.5 Å². The van der Waals surface area contributed by atoms with Gasteiger partial charge in [-0.2, -0.15) is 0 Å². The molecule has 0 saturated carbocycles. The third kappa shape index (κ3) is 3.16. The summed E-state index contributed by atoms with van der Waals surface area (Å²) in [7, 11) is 1.20. The van der Waals surface area contributed by atoms with Crippen LogP contribution in [-0.4, -0.2) is 37.2 Å². The number of halogens is 1. The van der Waals surface area contributed by atoms with Crippen LogP contribution in [0.3, 0.4) is 0 Å². The van der Waals surface area contributed by atoms with E-state index in [4.69, 9.17) is 16.3 Å². The molecule has 0 aromatic heterocycles. The topological polar surface area (TPSA) is 64.6 Å². The molecule has 6 heteroatoms. The average Bonchev–Trinajstić information content (AvgIpc) is 2.15. The van der Waals surface area contributed by atoms with E-state index in [1.165, 1.54) is 14.0 Å². The second-order valence-electron chi connectivity index (χ2n) is 2.57. The van der Waals surface area contributed by atoms with E-state index in [0.717, 1.165) is 0 Å². The van der Waals surface area contributed by atoms with E-state index in [-0.39, 0.29) is 12.5 Å². The van der Waals surface area contributed by atoms with Gasteiger partial charge in [-0.05, 0) is 6.92 Å². The van der Waals surface area contributed by atoms with Crippen molar-refractivity contribution in [3.8, 4) is 0 Å². The molecule has 0 aromatic rings. The van der Waals surface area contributed by atoms with Gasteiger partial charge in [-0.15, -0.1) is 11.6 Å². The summed E-state index contributed by atoms with van der Waals surface area (Å²) < 4.78 is 9.60. The van der Waals surface area contributed by atoms with Crippen LogP contribution in [-0.2, 0) is 19.1 Å². The van der Waals surface area contributed by atoms with Crippen molar-refractivity contribution in [3.63, 3.8) is 0 Å². The molecule has 1 amide bonds. The van der Waals surface area contributed by atoms with Crippen LogP contribution in [0.4, 0.5) is 0 Å². The first kappa shape index (κ1) is 13.2. The largest absolute Gasteiger partial charge is 0.465 e. The second kappa shape index (κ2) is 5.82. The number of alkyl halides is 1. The number of amides is 1. The molecule has 14 heavy (non-hydrogen) atoms. The molecule has 0 rings (SSSR count). The van der Waals surface area contributed by atoms with E-state index in [1.54, 1.807) is 6.92 Å². The van der Waals surface area contributed by atoms with E-state index >= 15 is 0 Å². The Bertz CT molecular complexity index is 221. The van der Waals surface area contributed by atoms with Crippen LogP contribution in [0.25, 0.3) is 0 Å². The van der Waals surface area contributed by atoms with Gasteiger partial charge in [0.05, 0.1) is 13.0 Å². The maximum absolute atomic E-state index is 11.3. The van der Waals surface area contributed by atoms with Crippen molar-refractivity contribution in [2.45, 2.75) is 19.6 Å². The summed E-state index contributed by atoms with van der Waals surface area (Å²) >= 11 is 5.58. The number of nitrogens with one attached hydrogen (secondary N) is 1. The Hall–Kier alpha value is -0.810. The van der Waals surface area contributed by atoms with Crippen LogP contribution in [0.2, 0.25) is 0 Å². The fourth-order valence-corrected chi connectivity index (χ4v) is 1.22. The summed E-state index contributed by atoms with van der Waals surface area (Å²) in [4.78, 5) is 22.2. The van der Waals surface area contributed by atoms with E-state index in [0.29, 0.717) is 0 Å². The van der Waals surface area contributed by atoms with Crippen LogP contribution in [0.5, 0.6) is 0 Å². The average molecular weight is 224 g/mol. The van der Waals surface area contributed by atoms with Crippen molar-refractivity contribution in [2.75, 3.05) is 19.6 Å². The Morgan fingerprint density at radius 1 is 1.50 bits per heavy atom. The molecule has 0 unspecified atom stereocenters. The third-order valence-electron chi connectivity index (χ3n) is 1.47. The number of methoxy groups -OCH3 is 1. The SMILES string of the molecule is CCO[C@@](CCl)(NC(C)=O)C(=O)OC. The molecule has 0 heterocycles. The van der Waals surface area contributed by atoms with Crippen LogP contribution in [0.15, 0.2) is 0 Å². The number of hydrogen-bond acceptors (Lipinski definition) is 4.